The molecule has 2 bridgehead atoms. The van der Waals surface area contributed by atoms with E-state index in [0.29, 0.717) is 31.2 Å². The molecule has 21 heavy (non-hydrogen) atoms. The van der Waals surface area contributed by atoms with Crippen molar-refractivity contribution in [1.82, 2.24) is 10.4 Å². The lowest BCUT2D eigenvalue weighted by Crippen LogP contribution is -2.58. The number of halogens is 1. The third kappa shape index (κ3) is 1.83. The Kier molecular flexibility index (Phi) is 2.82. The first-order chi connectivity index (χ1) is 10.1. The Morgan fingerprint density at radius 1 is 1.52 bits per heavy atom. The lowest BCUT2D eigenvalue weighted by atomic mass is 9.82. The number of hydrogen-bond acceptors (Lipinski definition) is 4. The van der Waals surface area contributed by atoms with E-state index in [4.69, 9.17) is 9.94 Å². The van der Waals surface area contributed by atoms with E-state index in [1.807, 2.05) is 0 Å². The molecule has 6 heteroatoms. The fourth-order valence-corrected chi connectivity index (χ4v) is 4.12. The van der Waals surface area contributed by atoms with Crippen molar-refractivity contribution in [3.63, 3.8) is 0 Å². The minimum atomic E-state index is -0.680. The predicted molar refractivity (Wildman–Crippen MR) is 71.5 cm³/mol. The lowest BCUT2D eigenvalue weighted by molar-refractivity contribution is -0.0785. The number of ether oxygens (including phenoxy) is 1. The molecule has 2 saturated heterocycles. The van der Waals surface area contributed by atoms with Crippen LogP contribution in [0.2, 0.25) is 0 Å². The van der Waals surface area contributed by atoms with Gasteiger partial charge in [0.25, 0.3) is 5.91 Å². The zero-order valence-corrected chi connectivity index (χ0v) is 11.6. The summed E-state index contributed by atoms with van der Waals surface area (Å²) in [5.41, 5.74) is 3.21. The molecule has 0 saturated carbocycles. The summed E-state index contributed by atoms with van der Waals surface area (Å²) in [6.45, 7) is 1.97. The van der Waals surface area contributed by atoms with Crippen LogP contribution in [0.25, 0.3) is 0 Å². The molecule has 1 aromatic carbocycles. The fraction of sp³-hybridized carbons (Fsp3) is 0.533. The van der Waals surface area contributed by atoms with E-state index in [1.54, 1.807) is 11.5 Å². The summed E-state index contributed by atoms with van der Waals surface area (Å²) in [5.74, 6) is -1.05. The molecule has 3 aliphatic rings. The van der Waals surface area contributed by atoms with Gasteiger partial charge in [0.2, 0.25) is 0 Å². The van der Waals surface area contributed by atoms with Crippen LogP contribution in [-0.2, 0) is 17.7 Å². The summed E-state index contributed by atoms with van der Waals surface area (Å²) < 4.78 is 20.0. The predicted octanol–water partition coefficient (Wildman–Crippen LogP) is 1.23. The maximum Gasteiger partial charge on any atom is 0.274 e. The van der Waals surface area contributed by atoms with Gasteiger partial charge in [0.15, 0.2) is 0 Å². The molecule has 112 valence electrons. The summed E-state index contributed by atoms with van der Waals surface area (Å²) in [5, 5.41) is 8.72. The summed E-state index contributed by atoms with van der Waals surface area (Å²) in [7, 11) is 0. The van der Waals surface area contributed by atoms with Crippen LogP contribution < -0.4 is 5.48 Å². The van der Waals surface area contributed by atoms with Gasteiger partial charge in [0.1, 0.15) is 5.82 Å². The van der Waals surface area contributed by atoms with E-state index in [-0.39, 0.29) is 16.9 Å². The number of benzene rings is 1. The van der Waals surface area contributed by atoms with E-state index in [9.17, 15) is 9.18 Å². The largest absolute Gasteiger partial charge is 0.378 e. The van der Waals surface area contributed by atoms with Crippen molar-refractivity contribution in [3.8, 4) is 0 Å². The fourth-order valence-electron chi connectivity index (χ4n) is 4.12. The van der Waals surface area contributed by atoms with Crippen molar-refractivity contribution >= 4 is 5.91 Å². The van der Waals surface area contributed by atoms with Gasteiger partial charge in [-0.25, -0.2) is 9.87 Å². The standard InChI is InChI=1S/C15H17FN2O3/c16-13-4-9(14(19)17-20)3-10-5-15-2-1-11(7-21-8-15)18(15)6-12(10)13/h3-4,11,20H,1-2,5-8H2,(H,17,19)/t11-,15?/m0/s1. The monoisotopic (exact) mass is 292 g/mol. The number of rotatable bonds is 1. The van der Waals surface area contributed by atoms with Gasteiger partial charge >= 0.3 is 0 Å². The van der Waals surface area contributed by atoms with Gasteiger partial charge in [0, 0.05) is 29.3 Å². The van der Waals surface area contributed by atoms with Crippen molar-refractivity contribution in [2.24, 2.45) is 0 Å². The van der Waals surface area contributed by atoms with E-state index >= 15 is 0 Å². The first-order valence-corrected chi connectivity index (χ1v) is 7.23. The van der Waals surface area contributed by atoms with Crippen LogP contribution in [0.4, 0.5) is 4.39 Å². The third-order valence-corrected chi connectivity index (χ3v) is 5.17. The lowest BCUT2D eigenvalue weighted by Gasteiger charge is -2.48. The van der Waals surface area contributed by atoms with Crippen LogP contribution in [0.5, 0.6) is 0 Å². The minimum Gasteiger partial charge on any atom is -0.378 e. The molecule has 0 spiro atoms. The molecule has 2 fully saturated rings. The molecule has 2 N–H and O–H groups in total. The molecular weight excluding hydrogens is 275 g/mol. The van der Waals surface area contributed by atoms with Crippen LogP contribution >= 0.6 is 0 Å². The second-order valence-electron chi connectivity index (χ2n) is 6.27. The van der Waals surface area contributed by atoms with Gasteiger partial charge in [-0.2, -0.15) is 0 Å². The average molecular weight is 292 g/mol. The van der Waals surface area contributed by atoms with Gasteiger partial charge in [0.05, 0.1) is 13.2 Å². The zero-order valence-electron chi connectivity index (χ0n) is 11.6. The third-order valence-electron chi connectivity index (χ3n) is 5.17. The molecule has 0 aliphatic carbocycles. The Morgan fingerprint density at radius 2 is 2.38 bits per heavy atom. The Labute approximate surface area is 121 Å². The number of morpholine rings is 1. The molecule has 1 amide bonds. The topological polar surface area (TPSA) is 61.8 Å². The summed E-state index contributed by atoms with van der Waals surface area (Å²) in [6.07, 6.45) is 2.83. The number of fused-ring (bicyclic) bond motifs is 1. The van der Waals surface area contributed by atoms with Gasteiger partial charge in [-0.1, -0.05) is 0 Å². The Balaban J connectivity index is 1.77. The van der Waals surface area contributed by atoms with Crippen LogP contribution in [0.15, 0.2) is 12.1 Å². The second kappa shape index (κ2) is 4.50. The highest BCUT2D eigenvalue weighted by Gasteiger charge is 2.52. The van der Waals surface area contributed by atoms with Crippen molar-refractivity contribution in [2.75, 3.05) is 13.2 Å². The molecular formula is C15H17FN2O3. The maximum absolute atomic E-state index is 14.3. The summed E-state index contributed by atoms with van der Waals surface area (Å²) in [4.78, 5) is 13.9. The highest BCUT2D eigenvalue weighted by Crippen LogP contribution is 2.45. The van der Waals surface area contributed by atoms with Crippen molar-refractivity contribution < 1.29 is 19.1 Å². The maximum atomic E-state index is 14.3. The SMILES string of the molecule is O=C(NO)c1cc(F)c2c(c1)CC13CC[C@@H](COC1)N3C2. The zero-order chi connectivity index (χ0) is 14.6. The number of amides is 1. The number of hydrogen-bond donors (Lipinski definition) is 2. The van der Waals surface area contributed by atoms with Crippen molar-refractivity contribution in [2.45, 2.75) is 37.4 Å². The molecule has 3 heterocycles. The molecule has 4 rings (SSSR count). The summed E-state index contributed by atoms with van der Waals surface area (Å²) >= 11 is 0. The average Bonchev–Trinajstić information content (AvgIpc) is 2.70. The van der Waals surface area contributed by atoms with Gasteiger partial charge in [-0.15, -0.1) is 0 Å². The van der Waals surface area contributed by atoms with Gasteiger partial charge < -0.3 is 4.74 Å². The van der Waals surface area contributed by atoms with E-state index in [1.165, 1.54) is 6.07 Å². The van der Waals surface area contributed by atoms with Gasteiger partial charge in [-0.05, 0) is 37.0 Å². The first kappa shape index (κ1) is 13.2. The Morgan fingerprint density at radius 3 is 3.19 bits per heavy atom. The molecule has 0 radical (unpaired) electrons. The molecule has 0 aromatic heterocycles. The Hall–Kier alpha value is -1.50. The number of hydroxylamine groups is 1. The number of nitrogens with one attached hydrogen (secondary N) is 1. The Bertz CT molecular complexity index is 617. The normalized spacial score (nSPS) is 30.7. The molecule has 2 atom stereocenters. The minimum absolute atomic E-state index is 0.0450. The summed E-state index contributed by atoms with van der Waals surface area (Å²) in [6, 6.07) is 3.27. The smallest absolute Gasteiger partial charge is 0.274 e. The molecule has 1 unspecified atom stereocenters. The highest BCUT2D eigenvalue weighted by molar-refractivity contribution is 5.93. The molecule has 5 nitrogen and oxygen atoms in total. The van der Waals surface area contributed by atoms with E-state index in [0.717, 1.165) is 25.0 Å². The number of carbonyl (C=O) groups excluding carboxylic acids is 1. The molecule has 1 aromatic rings. The molecule has 3 aliphatic heterocycles. The van der Waals surface area contributed by atoms with Crippen LogP contribution in [0.3, 0.4) is 0 Å². The van der Waals surface area contributed by atoms with Crippen LogP contribution in [0, 0.1) is 5.82 Å². The van der Waals surface area contributed by atoms with Crippen molar-refractivity contribution in [1.29, 1.82) is 0 Å². The van der Waals surface area contributed by atoms with Crippen molar-refractivity contribution in [3.05, 3.63) is 34.6 Å². The first-order valence-electron chi connectivity index (χ1n) is 7.23. The van der Waals surface area contributed by atoms with E-state index < -0.39 is 5.91 Å². The van der Waals surface area contributed by atoms with Crippen LogP contribution in [-0.4, -0.2) is 40.8 Å². The highest BCUT2D eigenvalue weighted by atomic mass is 19.1. The number of nitrogens with zero attached hydrogens (tertiary/aromatic N) is 1. The quantitative estimate of drug-likeness (QED) is 0.604. The number of carbonyl (C=O) groups is 1. The van der Waals surface area contributed by atoms with E-state index in [2.05, 4.69) is 4.90 Å². The van der Waals surface area contributed by atoms with Crippen LogP contribution in [0.1, 0.15) is 34.3 Å². The second-order valence-corrected chi connectivity index (χ2v) is 6.27. The van der Waals surface area contributed by atoms with Gasteiger partial charge in [-0.3, -0.25) is 14.9 Å².